The van der Waals surface area contributed by atoms with Gasteiger partial charge in [-0.3, -0.25) is 0 Å². The molecule has 0 saturated heterocycles. The molecule has 0 radical (unpaired) electrons. The summed E-state index contributed by atoms with van der Waals surface area (Å²) in [5.41, 5.74) is 0. The van der Waals surface area contributed by atoms with Gasteiger partial charge in [0.1, 0.15) is 0 Å². The van der Waals surface area contributed by atoms with Crippen molar-refractivity contribution in [2.45, 2.75) is 10.9 Å². The molecule has 3 nitrogen and oxygen atoms in total. The Bertz CT molecular complexity index is 68.7. The molecule has 7 heavy (non-hydrogen) atoms. The zero-order valence-electron chi connectivity index (χ0n) is 4.18. The fraction of sp³-hybridized carbons (Fsp3) is 1.00. The van der Waals surface area contributed by atoms with Crippen LogP contribution in [0.3, 0.4) is 0 Å². The second kappa shape index (κ2) is 5.15. The van der Waals surface area contributed by atoms with Crippen molar-refractivity contribution < 1.29 is 33.6 Å². The zero-order chi connectivity index (χ0) is 5.70. The Morgan fingerprint density at radius 3 is 2.71 bits per heavy atom. The Kier molecular flexibility index (Phi) is 5.89. The van der Waals surface area contributed by atoms with Crippen LogP contribution in [0.2, 0.25) is 3.93 Å². The molecule has 0 rings (SSSR count). The summed E-state index contributed by atoms with van der Waals surface area (Å²) >= 11 is -2.76. The molecule has 0 spiro atoms. The van der Waals surface area contributed by atoms with Gasteiger partial charge in [-0.05, 0) is 0 Å². The second-order valence-corrected chi connectivity index (χ2v) is 11.1. The predicted octanol–water partition coefficient (Wildman–Crippen LogP) is 0.148. The van der Waals surface area contributed by atoms with Crippen LogP contribution in [-0.2, 0) is 36.1 Å². The first kappa shape index (κ1) is 8.01. The van der Waals surface area contributed by atoms with Gasteiger partial charge in [0.15, 0.2) is 0 Å². The van der Waals surface area contributed by atoms with E-state index in [9.17, 15) is 4.21 Å². The van der Waals surface area contributed by atoms with Crippen molar-refractivity contribution in [1.82, 2.24) is 2.49 Å². The zero-order valence-corrected chi connectivity index (χ0v) is 10.5. The van der Waals surface area contributed by atoms with Crippen LogP contribution in [0.4, 0.5) is 0 Å². The Labute approximate surface area is 58.2 Å². The third-order valence-corrected chi connectivity index (χ3v) is 8.13. The van der Waals surface area contributed by atoms with Crippen molar-refractivity contribution in [1.29, 1.82) is 0 Å². The molecule has 5 heteroatoms. The predicted molar refractivity (Wildman–Crippen MR) is 24.4 cm³/mol. The van der Waals surface area contributed by atoms with Crippen LogP contribution in [0.15, 0.2) is 0 Å². The van der Waals surface area contributed by atoms with Crippen LogP contribution in [0.5, 0.6) is 0 Å². The second-order valence-electron chi connectivity index (χ2n) is 1.14. The molecule has 40 valence electrons. The minimum absolute atomic E-state index is 1.04. The molecular weight excluding hydrogens is 303 g/mol. The van der Waals surface area contributed by atoms with E-state index in [1.807, 2.05) is 6.92 Å². The first-order valence-electron chi connectivity index (χ1n) is 2.11. The first-order valence-corrected chi connectivity index (χ1v) is 9.86. The maximum absolute atomic E-state index is 9.81. The van der Waals surface area contributed by atoms with E-state index >= 15 is 0 Å². The van der Waals surface area contributed by atoms with Crippen molar-refractivity contribution in [2.75, 3.05) is 0 Å². The number of hydrogen-bond acceptors (Lipinski definition) is 1. The SMILES string of the molecule is C[CH2][Hg][NH]S(=O)O. The summed E-state index contributed by atoms with van der Waals surface area (Å²) in [4.78, 5) is 0. The van der Waals surface area contributed by atoms with Gasteiger partial charge < -0.3 is 0 Å². The number of nitrogens with one attached hydrogen (secondary N) is 1. The Hall–Kier alpha value is 1.01. The van der Waals surface area contributed by atoms with Crippen molar-refractivity contribution in [3.63, 3.8) is 0 Å². The van der Waals surface area contributed by atoms with Crippen molar-refractivity contribution in [3.05, 3.63) is 0 Å². The van der Waals surface area contributed by atoms with Crippen molar-refractivity contribution in [3.8, 4) is 0 Å². The van der Waals surface area contributed by atoms with E-state index in [1.54, 1.807) is 0 Å². The topological polar surface area (TPSA) is 49.3 Å². The molecule has 0 saturated carbocycles. The molecule has 0 bridgehead atoms. The molecule has 0 aromatic heterocycles. The molecule has 0 aliphatic heterocycles. The Morgan fingerprint density at radius 1 is 2.00 bits per heavy atom. The van der Waals surface area contributed by atoms with Crippen molar-refractivity contribution in [2.24, 2.45) is 0 Å². The van der Waals surface area contributed by atoms with Crippen LogP contribution < -0.4 is 2.49 Å². The van der Waals surface area contributed by atoms with Gasteiger partial charge in [0.05, 0.1) is 0 Å². The van der Waals surface area contributed by atoms with E-state index in [2.05, 4.69) is 2.49 Å². The van der Waals surface area contributed by atoms with Gasteiger partial charge in [-0.15, -0.1) is 0 Å². The van der Waals surface area contributed by atoms with E-state index in [0.29, 0.717) is 0 Å². The summed E-state index contributed by atoms with van der Waals surface area (Å²) in [5.74, 6) is 0. The molecule has 0 aromatic carbocycles. The summed E-state index contributed by atoms with van der Waals surface area (Å²) in [7, 11) is 0. The number of rotatable bonds is 3. The summed E-state index contributed by atoms with van der Waals surface area (Å²) < 4.78 is 21.6. The summed E-state index contributed by atoms with van der Waals surface area (Å²) in [6.07, 6.45) is 0. The molecule has 0 aromatic rings. The fourth-order valence-electron chi connectivity index (χ4n) is 0.189. The molecule has 0 aliphatic carbocycles. The van der Waals surface area contributed by atoms with Gasteiger partial charge in [-0.2, -0.15) is 0 Å². The molecule has 0 heterocycles. The standard InChI is InChI=1S/C2H5.Hg.H2NO2S/c1-2;;1-4(2)3/h1H2,2H3;;1H,(H,2,3)/q;+1;-1. The third kappa shape index (κ3) is 7.01. The molecular formula is C2H7HgNO2S. The number of hydrogen-bond donors (Lipinski definition) is 2. The quantitative estimate of drug-likeness (QED) is 0.576. The third-order valence-electron chi connectivity index (χ3n) is 0.476. The van der Waals surface area contributed by atoms with Crippen LogP contribution >= 0.6 is 0 Å². The van der Waals surface area contributed by atoms with E-state index in [-0.39, 0.29) is 0 Å². The van der Waals surface area contributed by atoms with Crippen LogP contribution in [0.1, 0.15) is 6.92 Å². The van der Waals surface area contributed by atoms with Crippen LogP contribution in [-0.4, -0.2) is 8.76 Å². The monoisotopic (exact) mass is 311 g/mol. The van der Waals surface area contributed by atoms with Gasteiger partial charge in [-0.25, -0.2) is 0 Å². The van der Waals surface area contributed by atoms with Gasteiger partial charge >= 0.3 is 58.2 Å². The summed E-state index contributed by atoms with van der Waals surface area (Å²) in [6, 6.07) is 0. The first-order chi connectivity index (χ1) is 3.27. The van der Waals surface area contributed by atoms with E-state index in [4.69, 9.17) is 4.55 Å². The van der Waals surface area contributed by atoms with E-state index in [1.165, 1.54) is 0 Å². The molecule has 0 amide bonds. The van der Waals surface area contributed by atoms with E-state index in [0.717, 1.165) is 3.93 Å². The van der Waals surface area contributed by atoms with Gasteiger partial charge in [0.25, 0.3) is 0 Å². The van der Waals surface area contributed by atoms with Crippen molar-refractivity contribution >= 4 is 11.3 Å². The van der Waals surface area contributed by atoms with Gasteiger partial charge in [0.2, 0.25) is 0 Å². The molecule has 0 aliphatic rings. The van der Waals surface area contributed by atoms with Gasteiger partial charge in [-0.1, -0.05) is 0 Å². The Morgan fingerprint density at radius 2 is 2.57 bits per heavy atom. The molecule has 0 fully saturated rings. The molecule has 2 N–H and O–H groups in total. The van der Waals surface area contributed by atoms with E-state index < -0.39 is 36.1 Å². The molecule has 1 unspecified atom stereocenters. The average molecular weight is 310 g/mol. The summed E-state index contributed by atoms with van der Waals surface area (Å²) in [5, 5.41) is 0. The van der Waals surface area contributed by atoms with Crippen LogP contribution in [0.25, 0.3) is 0 Å². The molecule has 1 atom stereocenters. The average Bonchev–Trinajstić information content (AvgIpc) is 1.61. The summed E-state index contributed by atoms with van der Waals surface area (Å²) in [6.45, 7) is 2.03. The Balaban J connectivity index is 2.82. The van der Waals surface area contributed by atoms with Gasteiger partial charge in [0, 0.05) is 0 Å². The fourth-order valence-corrected chi connectivity index (χ4v) is 4.99. The maximum atomic E-state index is 9.81. The minimum atomic E-state index is -1.72. The normalized spacial score (nSPS) is 12.9. The van der Waals surface area contributed by atoms with Crippen LogP contribution in [0, 0.1) is 0 Å².